The summed E-state index contributed by atoms with van der Waals surface area (Å²) in [6, 6.07) is 2.91. The van der Waals surface area contributed by atoms with Crippen molar-refractivity contribution in [2.75, 3.05) is 0 Å². The summed E-state index contributed by atoms with van der Waals surface area (Å²) in [5, 5.41) is 10.5. The zero-order valence-corrected chi connectivity index (χ0v) is 13.4. The van der Waals surface area contributed by atoms with Crippen molar-refractivity contribution in [3.63, 3.8) is 0 Å². The number of aromatic nitrogens is 1. The molecule has 2 nitrogen and oxygen atoms in total. The molecule has 0 spiro atoms. The van der Waals surface area contributed by atoms with Crippen molar-refractivity contribution in [2.45, 2.75) is 78.4 Å². The number of hydrogen-bond donors (Lipinski definition) is 1. The predicted molar refractivity (Wildman–Crippen MR) is 82.9 cm³/mol. The smallest absolute Gasteiger partial charge is 0.0812 e. The van der Waals surface area contributed by atoms with Crippen LogP contribution in [0.4, 0.5) is 0 Å². The first-order chi connectivity index (χ1) is 9.37. The van der Waals surface area contributed by atoms with Gasteiger partial charge < -0.3 is 9.67 Å². The van der Waals surface area contributed by atoms with Gasteiger partial charge in [-0.05, 0) is 62.8 Å². The summed E-state index contributed by atoms with van der Waals surface area (Å²) in [6.07, 6.45) is 7.05. The molecule has 0 radical (unpaired) electrons. The predicted octanol–water partition coefficient (Wildman–Crippen LogP) is 4.55. The van der Waals surface area contributed by atoms with E-state index in [0.717, 1.165) is 18.8 Å². The Morgan fingerprint density at radius 2 is 1.85 bits per heavy atom. The first-order valence-electron chi connectivity index (χ1n) is 8.26. The molecule has 1 unspecified atom stereocenters. The van der Waals surface area contributed by atoms with Crippen LogP contribution in [0.1, 0.15) is 82.0 Å². The molecule has 0 aromatic carbocycles. The topological polar surface area (TPSA) is 25.2 Å². The normalized spacial score (nSPS) is 33.0. The molecule has 1 heterocycles. The average Bonchev–Trinajstić information content (AvgIpc) is 2.66. The molecule has 3 rings (SSSR count). The number of aryl methyl sites for hydroxylation is 1. The second kappa shape index (κ2) is 4.91. The molecule has 0 bridgehead atoms. The van der Waals surface area contributed by atoms with Gasteiger partial charge in [0.1, 0.15) is 0 Å². The maximum Gasteiger partial charge on any atom is 0.0812 e. The first-order valence-corrected chi connectivity index (χ1v) is 8.26. The van der Waals surface area contributed by atoms with E-state index in [1.54, 1.807) is 0 Å². The lowest BCUT2D eigenvalue weighted by Gasteiger charge is -2.36. The van der Waals surface area contributed by atoms with E-state index in [1.807, 2.05) is 0 Å². The third kappa shape index (κ3) is 2.43. The molecule has 1 saturated carbocycles. The van der Waals surface area contributed by atoms with Crippen LogP contribution in [0.25, 0.3) is 0 Å². The van der Waals surface area contributed by atoms with E-state index < -0.39 is 0 Å². The molecule has 1 fully saturated rings. The Kier molecular flexibility index (Phi) is 3.48. The zero-order chi connectivity index (χ0) is 14.5. The number of aliphatic hydroxyl groups excluding tert-OH is 1. The first kappa shape index (κ1) is 14.2. The molecule has 2 aliphatic rings. The quantitative estimate of drug-likeness (QED) is 0.799. The van der Waals surface area contributed by atoms with Gasteiger partial charge in [-0.3, -0.25) is 0 Å². The highest BCUT2D eigenvalue weighted by Gasteiger charge is 2.35. The Morgan fingerprint density at radius 1 is 1.20 bits per heavy atom. The third-order valence-corrected chi connectivity index (χ3v) is 5.47. The number of aliphatic hydroxyl groups is 1. The van der Waals surface area contributed by atoms with Crippen LogP contribution >= 0.6 is 0 Å². The minimum absolute atomic E-state index is 0.219. The van der Waals surface area contributed by atoms with Crippen LogP contribution in [0.2, 0.25) is 0 Å². The van der Waals surface area contributed by atoms with E-state index >= 15 is 0 Å². The lowest BCUT2D eigenvalue weighted by Crippen LogP contribution is -2.28. The number of hydrogen-bond acceptors (Lipinski definition) is 1. The molecule has 2 aliphatic carbocycles. The highest BCUT2D eigenvalue weighted by atomic mass is 16.3. The molecule has 1 aromatic heterocycles. The maximum atomic E-state index is 10.5. The molecule has 0 saturated heterocycles. The summed E-state index contributed by atoms with van der Waals surface area (Å²) in [5.41, 5.74) is 4.20. The van der Waals surface area contributed by atoms with Gasteiger partial charge in [-0.1, -0.05) is 20.8 Å². The Morgan fingerprint density at radius 3 is 2.50 bits per heavy atom. The van der Waals surface area contributed by atoms with Crippen molar-refractivity contribution in [3.8, 4) is 0 Å². The second-order valence-corrected chi connectivity index (χ2v) is 8.03. The molecule has 0 amide bonds. The minimum atomic E-state index is -0.267. The third-order valence-electron chi connectivity index (χ3n) is 5.47. The van der Waals surface area contributed by atoms with Crippen molar-refractivity contribution >= 4 is 0 Å². The lowest BCUT2D eigenvalue weighted by atomic mass is 9.75. The van der Waals surface area contributed by atoms with E-state index in [9.17, 15) is 5.11 Å². The van der Waals surface area contributed by atoms with Crippen LogP contribution in [-0.2, 0) is 6.42 Å². The number of rotatable bonds is 1. The molecule has 20 heavy (non-hydrogen) atoms. The second-order valence-electron chi connectivity index (χ2n) is 8.03. The summed E-state index contributed by atoms with van der Waals surface area (Å²) in [7, 11) is 0. The fourth-order valence-electron chi connectivity index (χ4n) is 4.37. The summed E-state index contributed by atoms with van der Waals surface area (Å²) < 4.78 is 2.57. The van der Waals surface area contributed by atoms with Crippen LogP contribution < -0.4 is 0 Å². The lowest BCUT2D eigenvalue weighted by molar-refractivity contribution is 0.0967. The van der Waals surface area contributed by atoms with E-state index in [1.165, 1.54) is 42.6 Å². The van der Waals surface area contributed by atoms with E-state index in [0.29, 0.717) is 6.04 Å². The molecular formula is C18H29NO. The van der Waals surface area contributed by atoms with Gasteiger partial charge in [-0.25, -0.2) is 0 Å². The molecule has 1 N–H and O–H groups in total. The Balaban J connectivity index is 1.96. The van der Waals surface area contributed by atoms with Gasteiger partial charge in [0.25, 0.3) is 0 Å². The van der Waals surface area contributed by atoms with Gasteiger partial charge in [0.15, 0.2) is 0 Å². The van der Waals surface area contributed by atoms with E-state index in [4.69, 9.17) is 0 Å². The van der Waals surface area contributed by atoms with Gasteiger partial charge in [0, 0.05) is 23.0 Å². The zero-order valence-electron chi connectivity index (χ0n) is 13.4. The molecular weight excluding hydrogens is 246 g/mol. The van der Waals surface area contributed by atoms with Crippen LogP contribution in [0.5, 0.6) is 0 Å². The van der Waals surface area contributed by atoms with Gasteiger partial charge in [0.05, 0.1) is 6.10 Å². The molecule has 1 atom stereocenters. The van der Waals surface area contributed by atoms with Gasteiger partial charge in [-0.2, -0.15) is 0 Å². The molecule has 0 aliphatic heterocycles. The highest BCUT2D eigenvalue weighted by Crippen LogP contribution is 2.44. The van der Waals surface area contributed by atoms with Crippen LogP contribution in [0, 0.1) is 18.3 Å². The molecule has 112 valence electrons. The summed E-state index contributed by atoms with van der Waals surface area (Å²) >= 11 is 0. The highest BCUT2D eigenvalue weighted by molar-refractivity contribution is 5.34. The summed E-state index contributed by atoms with van der Waals surface area (Å²) in [4.78, 5) is 0. The van der Waals surface area contributed by atoms with Gasteiger partial charge >= 0.3 is 0 Å². The Labute approximate surface area is 123 Å². The molecule has 1 aromatic rings. The minimum Gasteiger partial charge on any atom is -0.388 e. The van der Waals surface area contributed by atoms with Crippen molar-refractivity contribution in [1.82, 2.24) is 4.57 Å². The number of fused-ring (bicyclic) bond motifs is 1. The summed E-state index contributed by atoms with van der Waals surface area (Å²) in [6.45, 7) is 9.17. The summed E-state index contributed by atoms with van der Waals surface area (Å²) in [5.74, 6) is 0.889. The maximum absolute atomic E-state index is 10.5. The Bertz CT molecular complexity index is 492. The fourth-order valence-corrected chi connectivity index (χ4v) is 4.37. The van der Waals surface area contributed by atoms with Gasteiger partial charge in [0.2, 0.25) is 0 Å². The molecule has 2 heteroatoms. The monoisotopic (exact) mass is 275 g/mol. The van der Waals surface area contributed by atoms with Crippen LogP contribution in [-0.4, -0.2) is 9.67 Å². The fraction of sp³-hybridized carbons (Fsp3) is 0.778. The van der Waals surface area contributed by atoms with E-state index in [2.05, 4.69) is 38.3 Å². The van der Waals surface area contributed by atoms with Crippen LogP contribution in [0.3, 0.4) is 0 Å². The van der Waals surface area contributed by atoms with Crippen molar-refractivity contribution < 1.29 is 5.11 Å². The van der Waals surface area contributed by atoms with Crippen molar-refractivity contribution in [2.24, 2.45) is 11.3 Å². The standard InChI is InChI=1S/C18H29NO/c1-12-5-7-14(8-6-12)19-13(2)9-15-16(19)10-18(3,4)11-17(15)20/h9,12,14,17,20H,5-8,10-11H2,1-4H3. The van der Waals surface area contributed by atoms with Crippen LogP contribution in [0.15, 0.2) is 6.07 Å². The SMILES string of the molecule is Cc1cc2c(n1C1CCC(C)CC1)CC(C)(C)CC2O. The van der Waals surface area contributed by atoms with Crippen molar-refractivity contribution in [3.05, 3.63) is 23.0 Å². The number of nitrogens with zero attached hydrogens (tertiary/aromatic N) is 1. The largest absolute Gasteiger partial charge is 0.388 e. The van der Waals surface area contributed by atoms with Gasteiger partial charge in [-0.15, -0.1) is 0 Å². The average molecular weight is 275 g/mol. The Hall–Kier alpha value is -0.760. The van der Waals surface area contributed by atoms with E-state index in [-0.39, 0.29) is 11.5 Å². The van der Waals surface area contributed by atoms with Crippen molar-refractivity contribution in [1.29, 1.82) is 0 Å².